The third kappa shape index (κ3) is 6.39. The molecule has 0 unspecified atom stereocenters. The molecule has 0 fully saturated rings. The first-order valence-corrected chi connectivity index (χ1v) is 11.6. The Bertz CT molecular complexity index is 1450. The minimum atomic E-state index is -0.729. The molecule has 0 amide bonds. The van der Waals surface area contributed by atoms with Crippen LogP contribution in [0.2, 0.25) is 0 Å². The van der Waals surface area contributed by atoms with Crippen LogP contribution < -0.4 is 26.7 Å². The zero-order valence-electron chi connectivity index (χ0n) is 20.2. The first-order chi connectivity index (χ1) is 18.0. The number of hydrogen-bond donors (Lipinski definition) is 3. The van der Waals surface area contributed by atoms with E-state index in [1.807, 2.05) is 18.2 Å². The van der Waals surface area contributed by atoms with Gasteiger partial charge in [0.1, 0.15) is 17.4 Å². The Hall–Kier alpha value is -4.51. The van der Waals surface area contributed by atoms with Crippen LogP contribution in [0.5, 0.6) is 5.75 Å². The zero-order valence-corrected chi connectivity index (χ0v) is 20.2. The minimum absolute atomic E-state index is 0.0499. The van der Waals surface area contributed by atoms with Crippen LogP contribution in [0.3, 0.4) is 0 Å². The van der Waals surface area contributed by atoms with Crippen molar-refractivity contribution < 1.29 is 14.2 Å². The van der Waals surface area contributed by atoms with Gasteiger partial charge in [0.05, 0.1) is 26.8 Å². The maximum atomic E-state index is 13.5. The summed E-state index contributed by atoms with van der Waals surface area (Å²) in [5.41, 5.74) is 0.859. The summed E-state index contributed by atoms with van der Waals surface area (Å²) in [5.74, 6) is 0.929. The summed E-state index contributed by atoms with van der Waals surface area (Å²) in [6, 6.07) is 16.4. The Kier molecular flexibility index (Phi) is 8.26. The van der Waals surface area contributed by atoms with Gasteiger partial charge in [-0.05, 0) is 41.5 Å². The highest BCUT2D eigenvalue weighted by molar-refractivity contribution is 5.45. The average Bonchev–Trinajstić information content (AvgIpc) is 2.92. The highest BCUT2D eigenvalue weighted by Gasteiger charge is 2.15. The molecule has 37 heavy (non-hydrogen) atoms. The van der Waals surface area contributed by atoms with E-state index in [0.717, 1.165) is 15.7 Å². The maximum absolute atomic E-state index is 13.5. The van der Waals surface area contributed by atoms with Gasteiger partial charge in [-0.15, -0.1) is 0 Å². The van der Waals surface area contributed by atoms with Crippen LogP contribution in [0.25, 0.3) is 0 Å². The number of nitrogens with one attached hydrogen (secondary N) is 2. The minimum Gasteiger partial charge on any atom is -0.497 e. The van der Waals surface area contributed by atoms with E-state index < -0.39 is 17.2 Å². The number of hydrogen-bond acceptors (Lipinski definition) is 8. The Morgan fingerprint density at radius 3 is 2.30 bits per heavy atom. The number of nitrogens with zero attached hydrogens (tertiary/aromatic N) is 4. The van der Waals surface area contributed by atoms with Gasteiger partial charge in [0.15, 0.2) is 0 Å². The van der Waals surface area contributed by atoms with E-state index in [2.05, 4.69) is 20.6 Å². The molecule has 0 saturated heterocycles. The highest BCUT2D eigenvalue weighted by atomic mass is 19.1. The summed E-state index contributed by atoms with van der Waals surface area (Å²) in [4.78, 5) is 34.9. The van der Waals surface area contributed by atoms with Gasteiger partial charge in [-0.2, -0.15) is 4.98 Å². The summed E-state index contributed by atoms with van der Waals surface area (Å²) in [7, 11) is 1.57. The number of benzene rings is 2. The van der Waals surface area contributed by atoms with Crippen LogP contribution in [0.4, 0.5) is 16.2 Å². The van der Waals surface area contributed by atoms with Crippen molar-refractivity contribution in [1.82, 2.24) is 19.1 Å². The molecule has 2 aromatic carbocycles. The van der Waals surface area contributed by atoms with E-state index in [1.54, 1.807) is 31.5 Å². The quantitative estimate of drug-likeness (QED) is 0.283. The summed E-state index contributed by atoms with van der Waals surface area (Å²) in [6.45, 7) is 0.580. The van der Waals surface area contributed by atoms with Crippen LogP contribution in [0, 0.1) is 5.82 Å². The van der Waals surface area contributed by atoms with Crippen LogP contribution in [0.1, 0.15) is 16.7 Å². The standard InChI is InChI=1S/C26H27FN6O4/c1-37-22-10-6-19(7-11-22)16-32-24(30-15-20-3-2-12-28-23(20)29-13-14-34)31-25(35)33(26(32)36)17-18-4-8-21(27)9-5-18/h2-12,34H,13-17H2,1H3,(H,28,29)(H,30,31,35). The third-order valence-electron chi connectivity index (χ3n) is 5.64. The van der Waals surface area contributed by atoms with Crippen LogP contribution >= 0.6 is 0 Å². The van der Waals surface area contributed by atoms with E-state index in [1.165, 1.54) is 28.8 Å². The monoisotopic (exact) mass is 506 g/mol. The van der Waals surface area contributed by atoms with Gasteiger partial charge < -0.3 is 20.5 Å². The molecule has 2 aromatic heterocycles. The van der Waals surface area contributed by atoms with E-state index >= 15 is 0 Å². The molecule has 0 atom stereocenters. The molecule has 4 aromatic rings. The molecule has 0 aliphatic carbocycles. The molecule has 0 spiro atoms. The lowest BCUT2D eigenvalue weighted by Crippen LogP contribution is -2.43. The fraction of sp³-hybridized carbons (Fsp3) is 0.231. The number of aliphatic hydroxyl groups is 1. The second-order valence-corrected chi connectivity index (χ2v) is 8.16. The summed E-state index contributed by atoms with van der Waals surface area (Å²) in [6.07, 6.45) is 1.62. The van der Waals surface area contributed by atoms with Gasteiger partial charge in [0.25, 0.3) is 0 Å². The van der Waals surface area contributed by atoms with Crippen molar-refractivity contribution >= 4 is 11.8 Å². The van der Waals surface area contributed by atoms with Gasteiger partial charge in [-0.25, -0.2) is 23.5 Å². The molecular weight excluding hydrogens is 479 g/mol. The van der Waals surface area contributed by atoms with Crippen molar-refractivity contribution in [1.29, 1.82) is 0 Å². The van der Waals surface area contributed by atoms with Crippen molar-refractivity contribution in [2.45, 2.75) is 19.6 Å². The van der Waals surface area contributed by atoms with Gasteiger partial charge in [0, 0.05) is 24.8 Å². The van der Waals surface area contributed by atoms with E-state index in [-0.39, 0.29) is 32.2 Å². The molecular formula is C26H27FN6O4. The Balaban J connectivity index is 1.69. The SMILES string of the molecule is COc1ccc(Cn2c(NCc3cccnc3NCCO)nc(=O)n(Cc3ccc(F)cc3)c2=O)cc1. The lowest BCUT2D eigenvalue weighted by molar-refractivity contribution is 0.311. The smallest absolute Gasteiger partial charge is 0.355 e. The van der Waals surface area contributed by atoms with Crippen LogP contribution in [0.15, 0.2) is 76.4 Å². The number of ether oxygens (including phenoxy) is 1. The number of rotatable bonds is 11. The molecule has 0 saturated carbocycles. The number of methoxy groups -OCH3 is 1. The highest BCUT2D eigenvalue weighted by Crippen LogP contribution is 2.15. The van der Waals surface area contributed by atoms with Crippen molar-refractivity contribution in [3.63, 3.8) is 0 Å². The third-order valence-corrected chi connectivity index (χ3v) is 5.64. The molecule has 10 nitrogen and oxygen atoms in total. The molecule has 0 aliphatic heterocycles. The Morgan fingerprint density at radius 1 is 0.946 bits per heavy atom. The van der Waals surface area contributed by atoms with Crippen LogP contribution in [-0.4, -0.2) is 44.5 Å². The van der Waals surface area contributed by atoms with Crippen LogP contribution in [-0.2, 0) is 19.6 Å². The molecule has 2 heterocycles. The molecule has 4 rings (SSSR count). The maximum Gasteiger partial charge on any atom is 0.355 e. The number of pyridine rings is 1. The predicted octanol–water partition coefficient (Wildman–Crippen LogP) is 2.06. The van der Waals surface area contributed by atoms with E-state index in [0.29, 0.717) is 23.7 Å². The van der Waals surface area contributed by atoms with Gasteiger partial charge in [-0.1, -0.05) is 30.3 Å². The number of halogens is 1. The van der Waals surface area contributed by atoms with Crippen molar-refractivity contribution in [3.05, 3.63) is 110 Å². The zero-order chi connectivity index (χ0) is 26.2. The molecule has 192 valence electrons. The van der Waals surface area contributed by atoms with Crippen molar-refractivity contribution in [2.24, 2.45) is 0 Å². The largest absolute Gasteiger partial charge is 0.497 e. The van der Waals surface area contributed by atoms with Crippen molar-refractivity contribution in [2.75, 3.05) is 30.9 Å². The summed E-state index contributed by atoms with van der Waals surface area (Å²) < 4.78 is 20.9. The molecule has 0 aliphatic rings. The van der Waals surface area contributed by atoms with Gasteiger partial charge in [0.2, 0.25) is 5.95 Å². The number of aliphatic hydroxyl groups excluding tert-OH is 1. The molecule has 0 bridgehead atoms. The fourth-order valence-electron chi connectivity index (χ4n) is 3.72. The second kappa shape index (κ2) is 12.0. The lowest BCUT2D eigenvalue weighted by Gasteiger charge is -2.17. The normalized spacial score (nSPS) is 10.8. The first-order valence-electron chi connectivity index (χ1n) is 11.6. The Morgan fingerprint density at radius 2 is 1.62 bits per heavy atom. The summed E-state index contributed by atoms with van der Waals surface area (Å²) >= 11 is 0. The molecule has 0 radical (unpaired) electrons. The van der Waals surface area contributed by atoms with E-state index in [9.17, 15) is 14.0 Å². The topological polar surface area (TPSA) is 123 Å². The predicted molar refractivity (Wildman–Crippen MR) is 137 cm³/mol. The summed E-state index contributed by atoms with van der Waals surface area (Å²) in [5, 5.41) is 15.2. The van der Waals surface area contributed by atoms with Gasteiger partial charge >= 0.3 is 11.4 Å². The average molecular weight is 507 g/mol. The Labute approximate surface area is 212 Å². The van der Waals surface area contributed by atoms with Gasteiger partial charge in [-0.3, -0.25) is 4.57 Å². The first kappa shape index (κ1) is 25.6. The lowest BCUT2D eigenvalue weighted by atomic mass is 10.2. The number of aromatic nitrogens is 4. The van der Waals surface area contributed by atoms with Crippen molar-refractivity contribution in [3.8, 4) is 5.75 Å². The molecule has 11 heteroatoms. The molecule has 3 N–H and O–H groups in total. The van der Waals surface area contributed by atoms with E-state index in [4.69, 9.17) is 9.84 Å². The fourth-order valence-corrected chi connectivity index (χ4v) is 3.72. The number of anilines is 2. The second-order valence-electron chi connectivity index (χ2n) is 8.16.